The van der Waals surface area contributed by atoms with Gasteiger partial charge in [-0.3, -0.25) is 0 Å². The minimum Gasteiger partial charge on any atom is -0.439 e. The van der Waals surface area contributed by atoms with E-state index in [1.54, 1.807) is 17.0 Å². The van der Waals surface area contributed by atoms with Crippen molar-refractivity contribution in [2.24, 2.45) is 0 Å². The van der Waals surface area contributed by atoms with Crippen molar-refractivity contribution >= 4 is 11.7 Å². The summed E-state index contributed by atoms with van der Waals surface area (Å²) < 4.78 is 23.8. The van der Waals surface area contributed by atoms with E-state index >= 15 is 0 Å². The minimum atomic E-state index is -0.328. The quantitative estimate of drug-likeness (QED) is 0.937. The second-order valence-corrected chi connectivity index (χ2v) is 5.50. The summed E-state index contributed by atoms with van der Waals surface area (Å²) in [6.07, 6.45) is 1.55. The van der Waals surface area contributed by atoms with E-state index in [1.807, 2.05) is 6.92 Å². The summed E-state index contributed by atoms with van der Waals surface area (Å²) in [5, 5.41) is 2.79. The van der Waals surface area contributed by atoms with Gasteiger partial charge in [0, 0.05) is 19.2 Å². The van der Waals surface area contributed by atoms with E-state index in [0.29, 0.717) is 37.0 Å². The van der Waals surface area contributed by atoms with Crippen molar-refractivity contribution in [2.45, 2.75) is 13.0 Å². The molecule has 2 amide bonds. The molecule has 1 aliphatic rings. The van der Waals surface area contributed by atoms with E-state index in [2.05, 4.69) is 10.3 Å². The summed E-state index contributed by atoms with van der Waals surface area (Å²) in [6.45, 7) is 3.60. The molecule has 3 rings (SSSR count). The van der Waals surface area contributed by atoms with Crippen LogP contribution in [0.15, 0.2) is 42.6 Å². The molecule has 0 radical (unpaired) electrons. The zero-order valence-electron chi connectivity index (χ0n) is 13.2. The van der Waals surface area contributed by atoms with Crippen LogP contribution >= 0.6 is 0 Å². The van der Waals surface area contributed by atoms with Gasteiger partial charge in [0.25, 0.3) is 0 Å². The molecule has 0 bridgehead atoms. The van der Waals surface area contributed by atoms with E-state index in [0.717, 1.165) is 0 Å². The van der Waals surface area contributed by atoms with Gasteiger partial charge in [-0.25, -0.2) is 14.2 Å². The Morgan fingerprint density at radius 1 is 1.33 bits per heavy atom. The number of hydrogen-bond donors (Lipinski definition) is 1. The summed E-state index contributed by atoms with van der Waals surface area (Å²) in [5.41, 5.74) is 0.575. The number of urea groups is 1. The van der Waals surface area contributed by atoms with Gasteiger partial charge in [0.2, 0.25) is 5.88 Å². The smallest absolute Gasteiger partial charge is 0.322 e. The Morgan fingerprint density at radius 3 is 2.79 bits per heavy atom. The maximum Gasteiger partial charge on any atom is 0.322 e. The molecule has 1 aromatic carbocycles. The SMILES string of the molecule is CC1CN(C(=O)Nc2ccc(Oc3ccc(F)cc3)nc2)CCO1. The molecule has 2 heterocycles. The van der Waals surface area contributed by atoms with Gasteiger partial charge in [-0.05, 0) is 37.3 Å². The molecule has 2 aromatic rings. The van der Waals surface area contributed by atoms with Crippen LogP contribution in [0.4, 0.5) is 14.9 Å². The van der Waals surface area contributed by atoms with Crippen LogP contribution in [0.25, 0.3) is 0 Å². The number of rotatable bonds is 3. The number of aromatic nitrogens is 1. The van der Waals surface area contributed by atoms with Crippen molar-refractivity contribution in [1.29, 1.82) is 0 Å². The highest BCUT2D eigenvalue weighted by Crippen LogP contribution is 2.20. The van der Waals surface area contributed by atoms with Crippen LogP contribution in [-0.2, 0) is 4.74 Å². The Bertz CT molecular complexity index is 691. The van der Waals surface area contributed by atoms with Gasteiger partial charge in [0.1, 0.15) is 11.6 Å². The van der Waals surface area contributed by atoms with Crippen molar-refractivity contribution in [2.75, 3.05) is 25.0 Å². The van der Waals surface area contributed by atoms with Crippen LogP contribution in [0, 0.1) is 5.82 Å². The molecule has 1 aromatic heterocycles. The highest BCUT2D eigenvalue weighted by molar-refractivity contribution is 5.89. The van der Waals surface area contributed by atoms with Crippen LogP contribution in [0.2, 0.25) is 0 Å². The number of carbonyl (C=O) groups excluding carboxylic acids is 1. The van der Waals surface area contributed by atoms with Crippen LogP contribution in [-0.4, -0.2) is 41.7 Å². The molecule has 0 saturated carbocycles. The molecular formula is C17H18FN3O3. The number of halogens is 1. The normalized spacial score (nSPS) is 17.4. The third-order valence-electron chi connectivity index (χ3n) is 3.55. The topological polar surface area (TPSA) is 63.7 Å². The predicted octanol–water partition coefficient (Wildman–Crippen LogP) is 3.27. The number of nitrogens with zero attached hydrogens (tertiary/aromatic N) is 2. The molecule has 0 spiro atoms. The molecular weight excluding hydrogens is 313 g/mol. The molecule has 6 nitrogen and oxygen atoms in total. The fourth-order valence-electron chi connectivity index (χ4n) is 2.34. The number of anilines is 1. The van der Waals surface area contributed by atoms with Crippen LogP contribution < -0.4 is 10.1 Å². The standard InChI is InChI=1S/C17H18FN3O3/c1-12-11-21(8-9-23-12)17(22)20-14-4-7-16(19-10-14)24-15-5-2-13(18)3-6-15/h2-7,10,12H,8-9,11H2,1H3,(H,20,22). The Morgan fingerprint density at radius 2 is 2.12 bits per heavy atom. The fraction of sp³-hybridized carbons (Fsp3) is 0.294. The Kier molecular flexibility index (Phi) is 4.90. The summed E-state index contributed by atoms with van der Waals surface area (Å²) in [6, 6.07) is 8.83. The number of amides is 2. The Balaban J connectivity index is 1.58. The van der Waals surface area contributed by atoms with Crippen molar-refractivity contribution in [1.82, 2.24) is 9.88 Å². The highest BCUT2D eigenvalue weighted by Gasteiger charge is 2.21. The van der Waals surface area contributed by atoms with Gasteiger partial charge in [0.05, 0.1) is 24.6 Å². The average molecular weight is 331 g/mol. The second-order valence-electron chi connectivity index (χ2n) is 5.50. The first-order valence-electron chi connectivity index (χ1n) is 7.67. The summed E-state index contributed by atoms with van der Waals surface area (Å²) in [5.74, 6) is 0.522. The van der Waals surface area contributed by atoms with Crippen LogP contribution in [0.5, 0.6) is 11.6 Å². The first kappa shape index (κ1) is 16.2. The van der Waals surface area contributed by atoms with E-state index in [1.165, 1.54) is 30.5 Å². The number of ether oxygens (including phenoxy) is 2. The molecule has 1 atom stereocenters. The maximum absolute atomic E-state index is 12.9. The van der Waals surface area contributed by atoms with Gasteiger partial charge in [0.15, 0.2) is 0 Å². The van der Waals surface area contributed by atoms with Gasteiger partial charge >= 0.3 is 6.03 Å². The summed E-state index contributed by atoms with van der Waals surface area (Å²) >= 11 is 0. The number of carbonyl (C=O) groups is 1. The predicted molar refractivity (Wildman–Crippen MR) is 86.7 cm³/mol. The Hall–Kier alpha value is -2.67. The van der Waals surface area contributed by atoms with Crippen LogP contribution in [0.3, 0.4) is 0 Å². The fourth-order valence-corrected chi connectivity index (χ4v) is 2.34. The van der Waals surface area contributed by atoms with Gasteiger partial charge in [-0.1, -0.05) is 0 Å². The zero-order chi connectivity index (χ0) is 16.9. The summed E-state index contributed by atoms with van der Waals surface area (Å²) in [7, 11) is 0. The Labute approximate surface area is 139 Å². The van der Waals surface area contributed by atoms with Crippen LogP contribution in [0.1, 0.15) is 6.92 Å². The van der Waals surface area contributed by atoms with E-state index < -0.39 is 0 Å². The molecule has 1 unspecified atom stereocenters. The number of pyridine rings is 1. The van der Waals surface area contributed by atoms with E-state index in [-0.39, 0.29) is 18.0 Å². The molecule has 24 heavy (non-hydrogen) atoms. The van der Waals surface area contributed by atoms with E-state index in [9.17, 15) is 9.18 Å². The van der Waals surface area contributed by atoms with Crippen molar-refractivity contribution in [3.8, 4) is 11.6 Å². The average Bonchev–Trinajstić information content (AvgIpc) is 2.59. The molecule has 0 aliphatic carbocycles. The lowest BCUT2D eigenvalue weighted by atomic mass is 10.3. The number of morpholine rings is 1. The molecule has 126 valence electrons. The van der Waals surface area contributed by atoms with Gasteiger partial charge in [-0.15, -0.1) is 0 Å². The summed E-state index contributed by atoms with van der Waals surface area (Å²) in [4.78, 5) is 18.0. The zero-order valence-corrected chi connectivity index (χ0v) is 13.2. The van der Waals surface area contributed by atoms with Crippen molar-refractivity contribution < 1.29 is 18.7 Å². The van der Waals surface area contributed by atoms with Gasteiger partial charge < -0.3 is 19.7 Å². The lowest BCUT2D eigenvalue weighted by Crippen LogP contribution is -2.46. The first-order chi connectivity index (χ1) is 11.6. The third kappa shape index (κ3) is 4.20. The second kappa shape index (κ2) is 7.27. The number of benzene rings is 1. The molecule has 7 heteroatoms. The minimum absolute atomic E-state index is 0.0362. The number of hydrogen-bond acceptors (Lipinski definition) is 4. The molecule has 1 aliphatic heterocycles. The largest absolute Gasteiger partial charge is 0.439 e. The van der Waals surface area contributed by atoms with Crippen molar-refractivity contribution in [3.63, 3.8) is 0 Å². The van der Waals surface area contributed by atoms with Crippen molar-refractivity contribution in [3.05, 3.63) is 48.4 Å². The maximum atomic E-state index is 12.9. The third-order valence-corrected chi connectivity index (χ3v) is 3.55. The molecule has 1 fully saturated rings. The lowest BCUT2D eigenvalue weighted by molar-refractivity contribution is -0.00138. The number of nitrogens with one attached hydrogen (secondary N) is 1. The first-order valence-corrected chi connectivity index (χ1v) is 7.67. The lowest BCUT2D eigenvalue weighted by Gasteiger charge is -2.31. The molecule has 1 N–H and O–H groups in total. The van der Waals surface area contributed by atoms with E-state index in [4.69, 9.17) is 9.47 Å². The van der Waals surface area contributed by atoms with Gasteiger partial charge in [-0.2, -0.15) is 0 Å². The highest BCUT2D eigenvalue weighted by atomic mass is 19.1. The monoisotopic (exact) mass is 331 g/mol. The molecule has 1 saturated heterocycles.